The maximum atomic E-state index is 12.8. The number of fused-ring (bicyclic) bond motifs is 2. The Morgan fingerprint density at radius 3 is 2.55 bits per heavy atom. The molecule has 0 radical (unpaired) electrons. The van der Waals surface area contributed by atoms with Crippen molar-refractivity contribution in [2.75, 3.05) is 6.54 Å². The van der Waals surface area contributed by atoms with Crippen LogP contribution >= 0.6 is 11.8 Å². The fourth-order valence-corrected chi connectivity index (χ4v) is 4.68. The number of aromatic nitrogens is 1. The van der Waals surface area contributed by atoms with Crippen molar-refractivity contribution in [3.8, 4) is 5.75 Å². The summed E-state index contributed by atoms with van der Waals surface area (Å²) in [5, 5.41) is 12.7. The minimum Gasteiger partial charge on any atom is -0.508 e. The molecule has 0 bridgehead atoms. The van der Waals surface area contributed by atoms with Gasteiger partial charge in [0.1, 0.15) is 5.75 Å². The third-order valence-corrected chi connectivity index (χ3v) is 6.49. The highest BCUT2D eigenvalue weighted by atomic mass is 32.2. The number of carbonyl (C=O) groups excluding carboxylic acids is 1. The number of aromatic hydroxyl groups is 1. The molecule has 5 nitrogen and oxygen atoms in total. The molecule has 0 unspecified atom stereocenters. The van der Waals surface area contributed by atoms with Crippen molar-refractivity contribution >= 4 is 29.1 Å². The summed E-state index contributed by atoms with van der Waals surface area (Å²) in [6, 6.07) is 26.5. The van der Waals surface area contributed by atoms with E-state index in [1.54, 1.807) is 30.1 Å². The smallest absolute Gasteiger partial charge is 0.251 e. The van der Waals surface area contributed by atoms with Crippen LogP contribution in [-0.2, 0) is 6.42 Å². The van der Waals surface area contributed by atoms with Crippen molar-refractivity contribution in [3.63, 3.8) is 0 Å². The van der Waals surface area contributed by atoms with Gasteiger partial charge in [0.15, 0.2) is 0 Å². The zero-order valence-electron chi connectivity index (χ0n) is 17.7. The van der Waals surface area contributed by atoms with Gasteiger partial charge < -0.3 is 10.4 Å². The average molecular weight is 452 g/mol. The normalized spacial score (nSPS) is 12.2. The quantitative estimate of drug-likeness (QED) is 0.376. The van der Waals surface area contributed by atoms with Gasteiger partial charge >= 0.3 is 0 Å². The van der Waals surface area contributed by atoms with E-state index in [-0.39, 0.29) is 11.7 Å². The molecule has 1 amide bonds. The fraction of sp³-hybridized carbons (Fsp3) is 0.0741. The second-order valence-corrected chi connectivity index (χ2v) is 8.70. The topological polar surface area (TPSA) is 74.6 Å². The van der Waals surface area contributed by atoms with E-state index in [4.69, 9.17) is 4.99 Å². The summed E-state index contributed by atoms with van der Waals surface area (Å²) in [7, 11) is 0. The monoisotopic (exact) mass is 451 g/mol. The molecule has 0 saturated carbocycles. The molecular formula is C27H21N3O2S. The first-order valence-corrected chi connectivity index (χ1v) is 11.5. The Balaban J connectivity index is 1.45. The number of phenols is 1. The molecule has 1 aliphatic rings. The number of phenolic OH excluding ortho intramolecular Hbond substituents is 1. The van der Waals surface area contributed by atoms with Crippen LogP contribution in [0.4, 0.5) is 5.69 Å². The largest absolute Gasteiger partial charge is 0.508 e. The van der Waals surface area contributed by atoms with Gasteiger partial charge in [-0.25, -0.2) is 4.99 Å². The Morgan fingerprint density at radius 2 is 1.73 bits per heavy atom. The standard InChI is InChI=1S/C27H21N3O2S/c31-21-11-8-18(9-12-21)26-22-6-1-2-7-24(22)33-25-13-10-19(17-23(25)30-26)27(32)29-16-14-20-5-3-4-15-28-20/h1-13,15,17,31H,14,16H2,(H,29,32). The number of hydrogen-bond acceptors (Lipinski definition) is 5. The van der Waals surface area contributed by atoms with E-state index in [1.807, 2.05) is 66.7 Å². The molecule has 4 aromatic rings. The summed E-state index contributed by atoms with van der Waals surface area (Å²) in [5.41, 5.74) is 4.98. The summed E-state index contributed by atoms with van der Waals surface area (Å²) in [5.74, 6) is 0.0718. The van der Waals surface area contributed by atoms with Gasteiger partial charge in [-0.05, 0) is 60.7 Å². The van der Waals surface area contributed by atoms with Crippen molar-refractivity contribution in [3.05, 3.63) is 114 Å². The SMILES string of the molecule is O=C(NCCc1ccccn1)c1ccc2c(c1)N=C(c1ccc(O)cc1)c1ccccc1S2. The van der Waals surface area contributed by atoms with Crippen LogP contribution in [0, 0.1) is 0 Å². The number of pyridine rings is 1. The van der Waals surface area contributed by atoms with Crippen LogP contribution in [-0.4, -0.2) is 28.3 Å². The number of rotatable bonds is 5. The predicted octanol–water partition coefficient (Wildman–Crippen LogP) is 5.39. The summed E-state index contributed by atoms with van der Waals surface area (Å²) in [4.78, 5) is 24.1. The molecule has 1 aliphatic heterocycles. The number of amides is 1. The van der Waals surface area contributed by atoms with E-state index in [0.29, 0.717) is 18.5 Å². The third-order valence-electron chi connectivity index (χ3n) is 5.35. The van der Waals surface area contributed by atoms with Gasteiger partial charge in [-0.2, -0.15) is 0 Å². The number of carbonyl (C=O) groups is 1. The number of hydrogen-bond donors (Lipinski definition) is 2. The second kappa shape index (κ2) is 9.30. The predicted molar refractivity (Wildman–Crippen MR) is 131 cm³/mol. The van der Waals surface area contributed by atoms with Crippen LogP contribution < -0.4 is 5.32 Å². The lowest BCUT2D eigenvalue weighted by atomic mass is 10.0. The number of aliphatic imine (C=N–C) groups is 1. The molecule has 6 heteroatoms. The average Bonchev–Trinajstić information content (AvgIpc) is 3.01. The van der Waals surface area contributed by atoms with E-state index in [0.717, 1.165) is 38.0 Å². The van der Waals surface area contributed by atoms with E-state index >= 15 is 0 Å². The molecule has 0 spiro atoms. The maximum Gasteiger partial charge on any atom is 0.251 e. The van der Waals surface area contributed by atoms with E-state index in [2.05, 4.69) is 16.4 Å². The highest BCUT2D eigenvalue weighted by Gasteiger charge is 2.20. The van der Waals surface area contributed by atoms with Crippen LogP contribution in [0.25, 0.3) is 0 Å². The summed E-state index contributed by atoms with van der Waals surface area (Å²) in [6.45, 7) is 0.509. The van der Waals surface area contributed by atoms with Crippen molar-refractivity contribution in [1.29, 1.82) is 0 Å². The second-order valence-electron chi connectivity index (χ2n) is 7.61. The molecule has 5 rings (SSSR count). The molecule has 33 heavy (non-hydrogen) atoms. The van der Waals surface area contributed by atoms with Gasteiger partial charge in [0.25, 0.3) is 5.91 Å². The Morgan fingerprint density at radius 1 is 0.909 bits per heavy atom. The van der Waals surface area contributed by atoms with Gasteiger partial charge in [0.2, 0.25) is 0 Å². The highest BCUT2D eigenvalue weighted by molar-refractivity contribution is 7.99. The Kier molecular flexibility index (Phi) is 5.91. The summed E-state index contributed by atoms with van der Waals surface area (Å²) >= 11 is 1.64. The molecule has 2 N–H and O–H groups in total. The van der Waals surface area contributed by atoms with Crippen molar-refractivity contribution in [2.24, 2.45) is 4.99 Å². The molecule has 0 atom stereocenters. The summed E-state index contributed by atoms with van der Waals surface area (Å²) in [6.07, 6.45) is 2.43. The van der Waals surface area contributed by atoms with Gasteiger partial charge in [0, 0.05) is 51.3 Å². The van der Waals surface area contributed by atoms with E-state index in [1.165, 1.54) is 0 Å². The molecule has 0 fully saturated rings. The molecule has 0 aliphatic carbocycles. The first-order chi connectivity index (χ1) is 16.2. The summed E-state index contributed by atoms with van der Waals surface area (Å²) < 4.78 is 0. The van der Waals surface area contributed by atoms with Gasteiger partial charge in [0.05, 0.1) is 11.4 Å². The fourth-order valence-electron chi connectivity index (χ4n) is 3.67. The zero-order chi connectivity index (χ0) is 22.6. The minimum absolute atomic E-state index is 0.137. The number of nitrogens with zero attached hydrogens (tertiary/aromatic N) is 2. The lowest BCUT2D eigenvalue weighted by Crippen LogP contribution is -2.25. The van der Waals surface area contributed by atoms with Crippen LogP contribution in [0.1, 0.15) is 27.2 Å². The zero-order valence-corrected chi connectivity index (χ0v) is 18.5. The van der Waals surface area contributed by atoms with Crippen LogP contribution in [0.2, 0.25) is 0 Å². The third kappa shape index (κ3) is 4.66. The van der Waals surface area contributed by atoms with Crippen LogP contribution in [0.5, 0.6) is 5.75 Å². The van der Waals surface area contributed by atoms with Crippen molar-refractivity contribution in [2.45, 2.75) is 16.2 Å². The lowest BCUT2D eigenvalue weighted by Gasteiger charge is -2.09. The van der Waals surface area contributed by atoms with E-state index in [9.17, 15) is 9.90 Å². The molecule has 3 aromatic carbocycles. The van der Waals surface area contributed by atoms with Gasteiger partial charge in [-0.1, -0.05) is 36.0 Å². The molecular weight excluding hydrogens is 430 g/mol. The van der Waals surface area contributed by atoms with E-state index < -0.39 is 0 Å². The highest BCUT2D eigenvalue weighted by Crippen LogP contribution is 2.41. The first-order valence-electron chi connectivity index (χ1n) is 10.6. The number of benzene rings is 3. The molecule has 162 valence electrons. The molecule has 1 aromatic heterocycles. The van der Waals surface area contributed by atoms with Crippen LogP contribution in [0.15, 0.2) is 106 Å². The van der Waals surface area contributed by atoms with Crippen molar-refractivity contribution in [1.82, 2.24) is 10.3 Å². The van der Waals surface area contributed by atoms with Crippen LogP contribution in [0.3, 0.4) is 0 Å². The minimum atomic E-state index is -0.137. The Bertz CT molecular complexity index is 1340. The Hall–Kier alpha value is -3.90. The van der Waals surface area contributed by atoms with Gasteiger partial charge in [-0.3, -0.25) is 9.78 Å². The van der Waals surface area contributed by atoms with Crippen molar-refractivity contribution < 1.29 is 9.90 Å². The molecule has 2 heterocycles. The molecule has 0 saturated heterocycles. The van der Waals surface area contributed by atoms with Gasteiger partial charge in [-0.15, -0.1) is 0 Å². The lowest BCUT2D eigenvalue weighted by molar-refractivity contribution is 0.0954. The maximum absolute atomic E-state index is 12.8. The number of nitrogens with one attached hydrogen (secondary N) is 1. The first kappa shape index (κ1) is 21.0. The Labute approximate surface area is 196 Å².